The fraction of sp³-hybridized carbons (Fsp3) is 0.938. The van der Waals surface area contributed by atoms with Crippen LogP contribution in [0.2, 0.25) is 0 Å². The van der Waals surface area contributed by atoms with Crippen molar-refractivity contribution < 1.29 is 4.74 Å². The third-order valence-corrected chi connectivity index (χ3v) is 4.22. The van der Waals surface area contributed by atoms with Gasteiger partial charge in [0.1, 0.15) is 0 Å². The molecular formula is C16H34N4O. The highest BCUT2D eigenvalue weighted by Gasteiger charge is 2.29. The lowest BCUT2D eigenvalue weighted by atomic mass is 10.0. The summed E-state index contributed by atoms with van der Waals surface area (Å²) in [7, 11) is 0. The number of guanidine groups is 1. The number of hydrogen-bond acceptors (Lipinski definition) is 3. The lowest BCUT2D eigenvalue weighted by Crippen LogP contribution is -2.46. The van der Waals surface area contributed by atoms with Crippen LogP contribution < -0.4 is 10.6 Å². The van der Waals surface area contributed by atoms with Gasteiger partial charge in [0, 0.05) is 25.7 Å². The summed E-state index contributed by atoms with van der Waals surface area (Å²) in [6.45, 7) is 16.5. The highest BCUT2D eigenvalue weighted by Crippen LogP contribution is 2.24. The second-order valence-corrected chi connectivity index (χ2v) is 6.05. The molecule has 2 unspecified atom stereocenters. The van der Waals surface area contributed by atoms with Gasteiger partial charge < -0.3 is 15.4 Å². The van der Waals surface area contributed by atoms with Crippen molar-refractivity contribution in [1.82, 2.24) is 15.5 Å². The molecule has 1 aliphatic heterocycles. The van der Waals surface area contributed by atoms with Gasteiger partial charge in [0.15, 0.2) is 5.96 Å². The molecule has 2 atom stereocenters. The molecule has 0 aromatic rings. The molecule has 124 valence electrons. The summed E-state index contributed by atoms with van der Waals surface area (Å²) < 4.78 is 5.80. The zero-order chi connectivity index (χ0) is 15.7. The topological polar surface area (TPSA) is 48.9 Å². The highest BCUT2D eigenvalue weighted by molar-refractivity contribution is 5.79. The molecule has 5 nitrogen and oxygen atoms in total. The van der Waals surface area contributed by atoms with Gasteiger partial charge in [-0.1, -0.05) is 13.8 Å². The van der Waals surface area contributed by atoms with Crippen molar-refractivity contribution in [2.24, 2.45) is 4.99 Å². The van der Waals surface area contributed by atoms with E-state index in [4.69, 9.17) is 9.73 Å². The van der Waals surface area contributed by atoms with E-state index in [1.54, 1.807) is 0 Å². The number of nitrogens with zero attached hydrogens (tertiary/aromatic N) is 2. The van der Waals surface area contributed by atoms with Gasteiger partial charge in [-0.15, -0.1) is 0 Å². The summed E-state index contributed by atoms with van der Waals surface area (Å²) in [5.41, 5.74) is -0.0765. The van der Waals surface area contributed by atoms with Crippen molar-refractivity contribution in [1.29, 1.82) is 0 Å². The summed E-state index contributed by atoms with van der Waals surface area (Å²) in [5.74, 6) is 0.897. The Hall–Kier alpha value is -0.810. The summed E-state index contributed by atoms with van der Waals surface area (Å²) in [6, 6.07) is 0.502. The van der Waals surface area contributed by atoms with Gasteiger partial charge in [0.25, 0.3) is 0 Å². The first-order valence-corrected chi connectivity index (χ1v) is 8.44. The second-order valence-electron chi connectivity index (χ2n) is 6.05. The Kier molecular flexibility index (Phi) is 8.04. The Balaban J connectivity index is 2.48. The first kappa shape index (κ1) is 18.2. The van der Waals surface area contributed by atoms with E-state index in [9.17, 15) is 0 Å². The van der Waals surface area contributed by atoms with Crippen LogP contribution in [0, 0.1) is 0 Å². The van der Waals surface area contributed by atoms with E-state index in [1.165, 1.54) is 0 Å². The Bertz CT molecular complexity index is 309. The van der Waals surface area contributed by atoms with Crippen LogP contribution in [-0.2, 0) is 4.74 Å². The number of ether oxygens (including phenoxy) is 1. The number of hydrogen-bond donors (Lipinski definition) is 2. The molecule has 0 amide bonds. The third-order valence-electron chi connectivity index (χ3n) is 4.22. The van der Waals surface area contributed by atoms with E-state index in [0.29, 0.717) is 6.04 Å². The van der Waals surface area contributed by atoms with Crippen LogP contribution in [0.25, 0.3) is 0 Å². The Labute approximate surface area is 130 Å². The second kappa shape index (κ2) is 9.26. The normalized spacial score (nSPS) is 24.4. The maximum Gasteiger partial charge on any atom is 0.191 e. The molecule has 0 saturated carbocycles. The summed E-state index contributed by atoms with van der Waals surface area (Å²) in [5, 5.41) is 6.77. The molecule has 2 N–H and O–H groups in total. The minimum Gasteiger partial charge on any atom is -0.373 e. The van der Waals surface area contributed by atoms with E-state index >= 15 is 0 Å². The molecule has 0 aliphatic carbocycles. The lowest BCUT2D eigenvalue weighted by Gasteiger charge is -2.27. The summed E-state index contributed by atoms with van der Waals surface area (Å²) in [6.07, 6.45) is 2.25. The van der Waals surface area contributed by atoms with Crippen LogP contribution in [0.4, 0.5) is 0 Å². The first-order chi connectivity index (χ1) is 10.0. The van der Waals surface area contributed by atoms with Crippen LogP contribution in [0.3, 0.4) is 0 Å². The molecule has 0 spiro atoms. The maximum absolute atomic E-state index is 5.80. The summed E-state index contributed by atoms with van der Waals surface area (Å²) >= 11 is 0. The average Bonchev–Trinajstić information content (AvgIpc) is 2.90. The van der Waals surface area contributed by atoms with Crippen molar-refractivity contribution in [3.63, 3.8) is 0 Å². The fourth-order valence-electron chi connectivity index (χ4n) is 2.77. The van der Waals surface area contributed by atoms with Crippen LogP contribution in [-0.4, -0.2) is 61.8 Å². The van der Waals surface area contributed by atoms with Gasteiger partial charge in [0.2, 0.25) is 0 Å². The standard InChI is InChI=1S/C16H34N4O/c1-6-17-15(18-12-14(4)20(7-2)8-3)19-13-16(5)10-9-11-21-16/h14H,6-13H2,1-5H3,(H2,17,18,19). The Morgan fingerprint density at radius 1 is 1.29 bits per heavy atom. The third kappa shape index (κ3) is 6.22. The molecule has 1 fully saturated rings. The van der Waals surface area contributed by atoms with Gasteiger partial charge >= 0.3 is 0 Å². The van der Waals surface area contributed by atoms with Gasteiger partial charge in [0.05, 0.1) is 12.1 Å². The predicted octanol–water partition coefficient (Wildman–Crippen LogP) is 1.84. The molecule has 0 aromatic carbocycles. The minimum absolute atomic E-state index is 0.0765. The lowest BCUT2D eigenvalue weighted by molar-refractivity contribution is 0.0283. The van der Waals surface area contributed by atoms with Crippen molar-refractivity contribution in [3.05, 3.63) is 0 Å². The van der Waals surface area contributed by atoms with E-state index in [-0.39, 0.29) is 5.60 Å². The van der Waals surface area contributed by atoms with E-state index in [0.717, 1.165) is 58.1 Å². The SMILES string of the molecule is CCNC(=NCC1(C)CCCO1)NCC(C)N(CC)CC. The number of nitrogens with one attached hydrogen (secondary N) is 2. The molecule has 1 saturated heterocycles. The van der Waals surface area contributed by atoms with Gasteiger partial charge in [-0.2, -0.15) is 0 Å². The molecule has 0 aromatic heterocycles. The van der Waals surface area contributed by atoms with Crippen LogP contribution in [0.1, 0.15) is 47.5 Å². The van der Waals surface area contributed by atoms with Crippen molar-refractivity contribution in [2.45, 2.75) is 59.1 Å². The smallest absolute Gasteiger partial charge is 0.191 e. The number of aliphatic imine (C=N–C) groups is 1. The zero-order valence-corrected chi connectivity index (χ0v) is 14.5. The Morgan fingerprint density at radius 3 is 2.52 bits per heavy atom. The maximum atomic E-state index is 5.80. The highest BCUT2D eigenvalue weighted by atomic mass is 16.5. The molecule has 5 heteroatoms. The number of rotatable bonds is 8. The van der Waals surface area contributed by atoms with E-state index in [2.05, 4.69) is 50.2 Å². The van der Waals surface area contributed by atoms with Crippen molar-refractivity contribution in [2.75, 3.05) is 39.3 Å². The number of likely N-dealkylation sites (N-methyl/N-ethyl adjacent to an activating group) is 1. The first-order valence-electron chi connectivity index (χ1n) is 8.44. The predicted molar refractivity (Wildman–Crippen MR) is 90.0 cm³/mol. The monoisotopic (exact) mass is 298 g/mol. The van der Waals surface area contributed by atoms with Gasteiger partial charge in [-0.25, -0.2) is 0 Å². The Morgan fingerprint density at radius 2 is 2.00 bits per heavy atom. The molecule has 0 radical (unpaired) electrons. The molecule has 1 heterocycles. The van der Waals surface area contributed by atoms with Crippen LogP contribution in [0.5, 0.6) is 0 Å². The van der Waals surface area contributed by atoms with Crippen LogP contribution >= 0.6 is 0 Å². The fourth-order valence-corrected chi connectivity index (χ4v) is 2.77. The summed E-state index contributed by atoms with van der Waals surface area (Å²) in [4.78, 5) is 7.14. The zero-order valence-electron chi connectivity index (χ0n) is 14.5. The quantitative estimate of drug-likeness (QED) is 0.530. The van der Waals surface area contributed by atoms with Gasteiger partial charge in [-0.3, -0.25) is 9.89 Å². The average molecular weight is 298 g/mol. The molecule has 0 bridgehead atoms. The van der Waals surface area contributed by atoms with Crippen molar-refractivity contribution >= 4 is 5.96 Å². The van der Waals surface area contributed by atoms with Gasteiger partial charge in [-0.05, 0) is 46.7 Å². The molecular weight excluding hydrogens is 264 g/mol. The molecule has 21 heavy (non-hydrogen) atoms. The van der Waals surface area contributed by atoms with E-state index < -0.39 is 0 Å². The van der Waals surface area contributed by atoms with Crippen molar-refractivity contribution in [3.8, 4) is 0 Å². The molecule has 1 rings (SSSR count). The van der Waals surface area contributed by atoms with E-state index in [1.807, 2.05) is 0 Å². The minimum atomic E-state index is -0.0765. The van der Waals surface area contributed by atoms with Crippen LogP contribution in [0.15, 0.2) is 4.99 Å². The largest absolute Gasteiger partial charge is 0.373 e. The molecule has 1 aliphatic rings.